The van der Waals surface area contributed by atoms with Crippen molar-refractivity contribution < 1.29 is 13.6 Å². The third-order valence-corrected chi connectivity index (χ3v) is 3.43. The molecular weight excluding hydrogens is 296 g/mol. The van der Waals surface area contributed by atoms with Crippen LogP contribution < -0.4 is 5.32 Å². The van der Waals surface area contributed by atoms with E-state index in [-0.39, 0.29) is 11.3 Å². The molecule has 1 amide bonds. The molecule has 0 aliphatic heterocycles. The maximum absolute atomic E-state index is 13.7. The topological polar surface area (TPSA) is 29.1 Å². The molecule has 0 fully saturated rings. The van der Waals surface area contributed by atoms with Crippen LogP contribution in [0.15, 0.2) is 72.8 Å². The van der Waals surface area contributed by atoms with Gasteiger partial charge in [0.1, 0.15) is 11.6 Å². The molecule has 3 aromatic carbocycles. The molecule has 0 bridgehead atoms. The maximum atomic E-state index is 13.7. The molecule has 0 heterocycles. The predicted octanol–water partition coefficient (Wildman–Crippen LogP) is 4.88. The molecule has 0 saturated carbocycles. The summed E-state index contributed by atoms with van der Waals surface area (Å²) in [6, 6.07) is 18.8. The Balaban J connectivity index is 2.00. The SMILES string of the molecule is O=C(Nc1ccccc1F)c1ccc(F)cc1-c1ccccc1. The third-order valence-electron chi connectivity index (χ3n) is 3.43. The Morgan fingerprint density at radius 1 is 0.826 bits per heavy atom. The van der Waals surface area contributed by atoms with Crippen LogP contribution >= 0.6 is 0 Å². The highest BCUT2D eigenvalue weighted by Gasteiger charge is 2.15. The molecule has 0 aliphatic rings. The van der Waals surface area contributed by atoms with Gasteiger partial charge in [0, 0.05) is 5.56 Å². The molecule has 1 N–H and O–H groups in total. The fourth-order valence-corrected chi connectivity index (χ4v) is 2.32. The molecule has 23 heavy (non-hydrogen) atoms. The number of anilines is 1. The van der Waals surface area contributed by atoms with Gasteiger partial charge in [0.2, 0.25) is 0 Å². The van der Waals surface area contributed by atoms with Gasteiger partial charge in [-0.2, -0.15) is 0 Å². The molecule has 3 aromatic rings. The second-order valence-corrected chi connectivity index (χ2v) is 4.99. The highest BCUT2D eigenvalue weighted by molar-refractivity contribution is 6.08. The zero-order valence-electron chi connectivity index (χ0n) is 12.1. The predicted molar refractivity (Wildman–Crippen MR) is 86.2 cm³/mol. The minimum Gasteiger partial charge on any atom is -0.319 e. The zero-order chi connectivity index (χ0) is 16.2. The van der Waals surface area contributed by atoms with Crippen molar-refractivity contribution in [1.29, 1.82) is 0 Å². The monoisotopic (exact) mass is 309 g/mol. The molecular formula is C19H13F2NO. The zero-order valence-corrected chi connectivity index (χ0v) is 12.1. The van der Waals surface area contributed by atoms with Gasteiger partial charge in [-0.1, -0.05) is 42.5 Å². The summed E-state index contributed by atoms with van der Waals surface area (Å²) in [5.74, 6) is -1.45. The van der Waals surface area contributed by atoms with E-state index in [2.05, 4.69) is 5.32 Å². The number of carbonyl (C=O) groups excluding carboxylic acids is 1. The number of rotatable bonds is 3. The standard InChI is InChI=1S/C19H13F2NO/c20-14-10-11-15(16(12-14)13-6-2-1-3-7-13)19(23)22-18-9-5-4-8-17(18)21/h1-12H,(H,22,23). The first-order valence-electron chi connectivity index (χ1n) is 7.06. The first-order chi connectivity index (χ1) is 11.1. The Kier molecular flexibility index (Phi) is 4.15. The van der Waals surface area contributed by atoms with Crippen molar-refractivity contribution in [2.45, 2.75) is 0 Å². The number of benzene rings is 3. The van der Waals surface area contributed by atoms with Crippen LogP contribution in [0.2, 0.25) is 0 Å². The lowest BCUT2D eigenvalue weighted by atomic mass is 9.99. The normalized spacial score (nSPS) is 10.3. The summed E-state index contributed by atoms with van der Waals surface area (Å²) in [5.41, 5.74) is 1.53. The van der Waals surface area contributed by atoms with Crippen LogP contribution in [-0.4, -0.2) is 5.91 Å². The lowest BCUT2D eigenvalue weighted by molar-refractivity contribution is 0.102. The van der Waals surface area contributed by atoms with E-state index < -0.39 is 17.5 Å². The van der Waals surface area contributed by atoms with Gasteiger partial charge in [-0.3, -0.25) is 4.79 Å². The van der Waals surface area contributed by atoms with E-state index in [1.807, 2.05) is 6.07 Å². The molecule has 0 aliphatic carbocycles. The van der Waals surface area contributed by atoms with Gasteiger partial charge in [-0.15, -0.1) is 0 Å². The van der Waals surface area contributed by atoms with Crippen molar-refractivity contribution in [2.24, 2.45) is 0 Å². The van der Waals surface area contributed by atoms with Crippen molar-refractivity contribution in [3.8, 4) is 11.1 Å². The van der Waals surface area contributed by atoms with Gasteiger partial charge < -0.3 is 5.32 Å². The largest absolute Gasteiger partial charge is 0.319 e. The van der Waals surface area contributed by atoms with Crippen LogP contribution in [0.25, 0.3) is 11.1 Å². The van der Waals surface area contributed by atoms with Gasteiger partial charge in [-0.25, -0.2) is 8.78 Å². The summed E-state index contributed by atoms with van der Waals surface area (Å²) in [6.45, 7) is 0. The number of carbonyl (C=O) groups is 1. The quantitative estimate of drug-likeness (QED) is 0.733. The highest BCUT2D eigenvalue weighted by atomic mass is 19.1. The smallest absolute Gasteiger partial charge is 0.256 e. The van der Waals surface area contributed by atoms with E-state index in [4.69, 9.17) is 0 Å². The van der Waals surface area contributed by atoms with E-state index >= 15 is 0 Å². The number of nitrogens with one attached hydrogen (secondary N) is 1. The van der Waals surface area contributed by atoms with E-state index in [0.29, 0.717) is 11.1 Å². The Bertz CT molecular complexity index is 847. The van der Waals surface area contributed by atoms with Crippen LogP contribution in [0.5, 0.6) is 0 Å². The van der Waals surface area contributed by atoms with Gasteiger partial charge in [0.05, 0.1) is 5.69 Å². The van der Waals surface area contributed by atoms with Crippen molar-refractivity contribution in [2.75, 3.05) is 5.32 Å². The minimum atomic E-state index is -0.524. The number of para-hydroxylation sites is 1. The summed E-state index contributed by atoms with van der Waals surface area (Å²) in [7, 11) is 0. The second-order valence-electron chi connectivity index (χ2n) is 4.99. The van der Waals surface area contributed by atoms with Gasteiger partial charge in [0.25, 0.3) is 5.91 Å². The van der Waals surface area contributed by atoms with E-state index in [0.717, 1.165) is 0 Å². The minimum absolute atomic E-state index is 0.0841. The summed E-state index contributed by atoms with van der Waals surface area (Å²) in [4.78, 5) is 12.5. The van der Waals surface area contributed by atoms with Crippen LogP contribution in [0.3, 0.4) is 0 Å². The Labute approximate surface area is 132 Å². The summed E-state index contributed by atoms with van der Waals surface area (Å²) in [6.07, 6.45) is 0. The van der Waals surface area contributed by atoms with Crippen LogP contribution in [0.1, 0.15) is 10.4 Å². The molecule has 3 rings (SSSR count). The van der Waals surface area contributed by atoms with E-state index in [1.54, 1.807) is 30.3 Å². The van der Waals surface area contributed by atoms with Crippen molar-refractivity contribution >= 4 is 11.6 Å². The average molecular weight is 309 g/mol. The van der Waals surface area contributed by atoms with Crippen LogP contribution in [0, 0.1) is 11.6 Å². The molecule has 114 valence electrons. The molecule has 0 unspecified atom stereocenters. The number of halogens is 2. The van der Waals surface area contributed by atoms with E-state index in [9.17, 15) is 13.6 Å². The Hall–Kier alpha value is -3.01. The fourth-order valence-electron chi connectivity index (χ4n) is 2.32. The summed E-state index contributed by atoms with van der Waals surface area (Å²) >= 11 is 0. The average Bonchev–Trinajstić information content (AvgIpc) is 2.57. The summed E-state index contributed by atoms with van der Waals surface area (Å²) < 4.78 is 27.3. The first-order valence-corrected chi connectivity index (χ1v) is 7.06. The Morgan fingerprint density at radius 2 is 1.52 bits per heavy atom. The third kappa shape index (κ3) is 3.26. The second kappa shape index (κ2) is 6.40. The lowest BCUT2D eigenvalue weighted by Gasteiger charge is -2.11. The first kappa shape index (κ1) is 14.9. The molecule has 0 spiro atoms. The molecule has 4 heteroatoms. The van der Waals surface area contributed by atoms with Crippen LogP contribution in [-0.2, 0) is 0 Å². The van der Waals surface area contributed by atoms with Crippen molar-refractivity contribution in [1.82, 2.24) is 0 Å². The van der Waals surface area contributed by atoms with Crippen LogP contribution in [0.4, 0.5) is 14.5 Å². The molecule has 0 atom stereocenters. The van der Waals surface area contributed by atoms with Gasteiger partial charge in [-0.05, 0) is 41.5 Å². The maximum Gasteiger partial charge on any atom is 0.256 e. The molecule has 0 aromatic heterocycles. The molecule has 2 nitrogen and oxygen atoms in total. The van der Waals surface area contributed by atoms with Crippen molar-refractivity contribution in [3.05, 3.63) is 90.0 Å². The van der Waals surface area contributed by atoms with Gasteiger partial charge >= 0.3 is 0 Å². The molecule has 0 radical (unpaired) electrons. The number of amides is 1. The lowest BCUT2D eigenvalue weighted by Crippen LogP contribution is -2.14. The van der Waals surface area contributed by atoms with Crippen molar-refractivity contribution in [3.63, 3.8) is 0 Å². The highest BCUT2D eigenvalue weighted by Crippen LogP contribution is 2.26. The number of hydrogen-bond donors (Lipinski definition) is 1. The summed E-state index contributed by atoms with van der Waals surface area (Å²) in [5, 5.41) is 2.52. The number of hydrogen-bond acceptors (Lipinski definition) is 1. The van der Waals surface area contributed by atoms with Gasteiger partial charge in [0.15, 0.2) is 0 Å². The fraction of sp³-hybridized carbons (Fsp3) is 0. The molecule has 0 saturated heterocycles. The Morgan fingerprint density at radius 3 is 2.26 bits per heavy atom. The van der Waals surface area contributed by atoms with E-state index in [1.165, 1.54) is 36.4 Å².